The Hall–Kier alpha value is -3.64. The first-order valence-electron chi connectivity index (χ1n) is 11.0. The van der Waals surface area contributed by atoms with Gasteiger partial charge in [-0.2, -0.15) is 0 Å². The molecule has 0 bridgehead atoms. The lowest BCUT2D eigenvalue weighted by Crippen LogP contribution is -2.30. The molecule has 4 rings (SSSR count). The number of anilines is 1. The number of Topliss-reactive ketones (excluding diaryl/α,β-unsaturated/α-hetero) is 1. The molecule has 1 amide bonds. The molecular formula is C27H25ClN2O4. The van der Waals surface area contributed by atoms with Crippen molar-refractivity contribution < 1.29 is 19.4 Å². The number of benzene rings is 2. The third-order valence-corrected chi connectivity index (χ3v) is 5.84. The highest BCUT2D eigenvalue weighted by Gasteiger charge is 2.47. The number of aromatic nitrogens is 1. The number of carbonyl (C=O) groups excluding carboxylic acids is 2. The molecule has 1 saturated heterocycles. The molecule has 1 unspecified atom stereocenters. The average Bonchev–Trinajstić information content (AvgIpc) is 3.10. The average molecular weight is 477 g/mol. The number of aliphatic hydroxyl groups is 1. The van der Waals surface area contributed by atoms with E-state index in [1.807, 2.05) is 6.92 Å². The maximum absolute atomic E-state index is 13.3. The van der Waals surface area contributed by atoms with E-state index >= 15 is 0 Å². The molecule has 174 valence electrons. The van der Waals surface area contributed by atoms with Crippen LogP contribution in [0.3, 0.4) is 0 Å². The number of carbonyl (C=O) groups is 2. The lowest BCUT2D eigenvalue weighted by molar-refractivity contribution is -0.132. The second kappa shape index (κ2) is 9.69. The Morgan fingerprint density at radius 1 is 1.09 bits per heavy atom. The van der Waals surface area contributed by atoms with Crippen LogP contribution in [0, 0.1) is 12.8 Å². The molecule has 1 atom stereocenters. The minimum atomic E-state index is -0.836. The maximum Gasteiger partial charge on any atom is 0.300 e. The van der Waals surface area contributed by atoms with Gasteiger partial charge in [-0.1, -0.05) is 31.5 Å². The number of aryl methyl sites for hydroxylation is 1. The molecule has 0 saturated carbocycles. The van der Waals surface area contributed by atoms with E-state index in [4.69, 9.17) is 16.3 Å². The van der Waals surface area contributed by atoms with Crippen molar-refractivity contribution in [3.05, 3.63) is 94.3 Å². The number of halogens is 1. The van der Waals surface area contributed by atoms with Crippen LogP contribution in [0.25, 0.3) is 5.76 Å². The minimum Gasteiger partial charge on any atom is -0.507 e. The van der Waals surface area contributed by atoms with E-state index in [9.17, 15) is 14.7 Å². The smallest absolute Gasteiger partial charge is 0.300 e. The summed E-state index contributed by atoms with van der Waals surface area (Å²) in [4.78, 5) is 31.9. The molecule has 0 radical (unpaired) electrons. The number of amides is 1. The molecule has 3 aromatic rings. The summed E-state index contributed by atoms with van der Waals surface area (Å²) in [5.41, 5.74) is 2.35. The van der Waals surface area contributed by atoms with Gasteiger partial charge in [-0.3, -0.25) is 19.5 Å². The summed E-state index contributed by atoms with van der Waals surface area (Å²) >= 11 is 6.22. The van der Waals surface area contributed by atoms with Gasteiger partial charge in [-0.25, -0.2) is 0 Å². The third kappa shape index (κ3) is 4.54. The summed E-state index contributed by atoms with van der Waals surface area (Å²) in [5.74, 6) is -0.715. The molecule has 6 nitrogen and oxygen atoms in total. The number of ether oxygens (including phenoxy) is 1. The van der Waals surface area contributed by atoms with Gasteiger partial charge < -0.3 is 9.84 Å². The summed E-state index contributed by atoms with van der Waals surface area (Å²) in [6.07, 6.45) is 3.17. The lowest BCUT2D eigenvalue weighted by Gasteiger charge is -2.26. The molecule has 1 fully saturated rings. The Balaban J connectivity index is 1.83. The molecule has 7 heteroatoms. The molecule has 34 heavy (non-hydrogen) atoms. The zero-order valence-corrected chi connectivity index (χ0v) is 19.9. The molecular weight excluding hydrogens is 452 g/mol. The van der Waals surface area contributed by atoms with Gasteiger partial charge in [0.2, 0.25) is 0 Å². The zero-order chi connectivity index (χ0) is 24.4. The lowest BCUT2D eigenvalue weighted by atomic mass is 9.95. The molecule has 0 aliphatic carbocycles. The van der Waals surface area contributed by atoms with Crippen molar-refractivity contribution in [3.8, 4) is 5.75 Å². The van der Waals surface area contributed by atoms with Gasteiger partial charge in [0.05, 0.1) is 18.2 Å². The van der Waals surface area contributed by atoms with E-state index < -0.39 is 17.7 Å². The number of ketones is 1. The SMILES string of the molecule is Cc1ccc(Cl)cc1N1C(=O)C(=O)/C(=C(/O)c2ccc(OCC(C)C)cc2)C1c1ccncc1. The highest BCUT2D eigenvalue weighted by atomic mass is 35.5. The number of hydrogen-bond donors (Lipinski definition) is 1. The first-order chi connectivity index (χ1) is 16.3. The largest absolute Gasteiger partial charge is 0.507 e. The number of aliphatic hydroxyl groups excluding tert-OH is 1. The third-order valence-electron chi connectivity index (χ3n) is 5.61. The van der Waals surface area contributed by atoms with Crippen molar-refractivity contribution in [1.29, 1.82) is 0 Å². The van der Waals surface area contributed by atoms with Crippen molar-refractivity contribution in [2.45, 2.75) is 26.8 Å². The van der Waals surface area contributed by atoms with Crippen molar-refractivity contribution in [2.24, 2.45) is 5.92 Å². The minimum absolute atomic E-state index is 0.00595. The van der Waals surface area contributed by atoms with Gasteiger partial charge in [-0.15, -0.1) is 0 Å². The van der Waals surface area contributed by atoms with Gasteiger partial charge in [0.15, 0.2) is 0 Å². The van der Waals surface area contributed by atoms with Crippen LogP contribution in [0.5, 0.6) is 5.75 Å². The zero-order valence-electron chi connectivity index (χ0n) is 19.2. The van der Waals surface area contributed by atoms with Crippen LogP contribution in [0.1, 0.15) is 36.6 Å². The Bertz CT molecular complexity index is 1250. The molecule has 1 aromatic heterocycles. The second-order valence-corrected chi connectivity index (χ2v) is 9.05. The summed E-state index contributed by atoms with van der Waals surface area (Å²) < 4.78 is 5.71. The van der Waals surface area contributed by atoms with Crippen molar-refractivity contribution in [2.75, 3.05) is 11.5 Å². The molecule has 1 aliphatic heterocycles. The predicted molar refractivity (Wildman–Crippen MR) is 132 cm³/mol. The fraction of sp³-hybridized carbons (Fsp3) is 0.222. The van der Waals surface area contributed by atoms with E-state index in [1.165, 1.54) is 4.90 Å². The predicted octanol–water partition coefficient (Wildman–Crippen LogP) is 5.70. The number of nitrogens with zero attached hydrogens (tertiary/aromatic N) is 2. The van der Waals surface area contributed by atoms with Gasteiger partial charge in [0.25, 0.3) is 11.7 Å². The van der Waals surface area contributed by atoms with Crippen LogP contribution in [0.4, 0.5) is 5.69 Å². The summed E-state index contributed by atoms with van der Waals surface area (Å²) in [6, 6.07) is 14.6. The second-order valence-electron chi connectivity index (χ2n) is 8.61. The van der Waals surface area contributed by atoms with Gasteiger partial charge in [-0.05, 0) is 72.5 Å². The van der Waals surface area contributed by atoms with Crippen LogP contribution in [0.2, 0.25) is 5.02 Å². The monoisotopic (exact) mass is 476 g/mol. The van der Waals surface area contributed by atoms with Crippen molar-refractivity contribution in [1.82, 2.24) is 4.98 Å². The Kier molecular flexibility index (Phi) is 6.70. The van der Waals surface area contributed by atoms with Gasteiger partial charge in [0, 0.05) is 28.7 Å². The first-order valence-corrected chi connectivity index (χ1v) is 11.4. The van der Waals surface area contributed by atoms with Crippen LogP contribution >= 0.6 is 11.6 Å². The van der Waals surface area contributed by atoms with Gasteiger partial charge in [0.1, 0.15) is 11.5 Å². The maximum atomic E-state index is 13.3. The van der Waals surface area contributed by atoms with E-state index in [2.05, 4.69) is 18.8 Å². The molecule has 0 spiro atoms. The van der Waals surface area contributed by atoms with Crippen molar-refractivity contribution >= 4 is 34.7 Å². The van der Waals surface area contributed by atoms with E-state index in [-0.39, 0.29) is 11.3 Å². The topological polar surface area (TPSA) is 79.7 Å². The molecule has 1 aliphatic rings. The van der Waals surface area contributed by atoms with Gasteiger partial charge >= 0.3 is 0 Å². The normalized spacial score (nSPS) is 17.4. The molecule has 2 aromatic carbocycles. The van der Waals surface area contributed by atoms with Crippen molar-refractivity contribution in [3.63, 3.8) is 0 Å². The fourth-order valence-electron chi connectivity index (χ4n) is 3.91. The fourth-order valence-corrected chi connectivity index (χ4v) is 4.08. The first kappa shape index (κ1) is 23.5. The summed E-state index contributed by atoms with van der Waals surface area (Å²) in [7, 11) is 0. The van der Waals surface area contributed by atoms with E-state index in [0.717, 1.165) is 5.56 Å². The van der Waals surface area contributed by atoms with Crippen LogP contribution in [0.15, 0.2) is 72.6 Å². The Morgan fingerprint density at radius 3 is 2.41 bits per heavy atom. The Morgan fingerprint density at radius 2 is 1.76 bits per heavy atom. The highest BCUT2D eigenvalue weighted by Crippen LogP contribution is 2.43. The highest BCUT2D eigenvalue weighted by molar-refractivity contribution is 6.52. The standard InChI is InChI=1S/C27H25ClN2O4/c1-16(2)15-34-21-8-5-19(6-9-21)25(31)23-24(18-10-12-29-13-11-18)30(27(33)26(23)32)22-14-20(28)7-4-17(22)3/h4-14,16,24,31H,15H2,1-3H3/b25-23+. The van der Waals surface area contributed by atoms with E-state index in [0.29, 0.717) is 40.1 Å². The summed E-state index contributed by atoms with van der Waals surface area (Å²) in [5, 5.41) is 11.7. The quantitative estimate of drug-likeness (QED) is 0.280. The number of pyridine rings is 1. The molecule has 1 N–H and O–H groups in total. The van der Waals surface area contributed by atoms with Crippen LogP contribution in [-0.4, -0.2) is 28.4 Å². The van der Waals surface area contributed by atoms with Crippen LogP contribution in [-0.2, 0) is 9.59 Å². The summed E-state index contributed by atoms with van der Waals surface area (Å²) in [6.45, 7) is 6.52. The Labute approximate surface area is 203 Å². The van der Waals surface area contributed by atoms with Crippen LogP contribution < -0.4 is 9.64 Å². The number of rotatable bonds is 6. The molecule has 2 heterocycles. The number of hydrogen-bond acceptors (Lipinski definition) is 5. The van der Waals surface area contributed by atoms with E-state index in [1.54, 1.807) is 67.0 Å².